The molecule has 1 aromatic rings. The standard InChI is InChI=1S/C11H11ClN2O3/c1-17-10(15)11(16)5-6-4-7(12)2-3-8(6)9(11)14-13/h2-4,16H,5,13H2,1H3. The Hall–Kier alpha value is -1.59. The Kier molecular flexibility index (Phi) is 2.81. The fourth-order valence-corrected chi connectivity index (χ4v) is 2.23. The van der Waals surface area contributed by atoms with Crippen molar-refractivity contribution in [2.75, 3.05) is 7.11 Å². The molecule has 0 amide bonds. The van der Waals surface area contributed by atoms with Crippen LogP contribution in [-0.4, -0.2) is 29.5 Å². The molecule has 0 heterocycles. The Bertz CT molecular complexity index is 515. The lowest BCUT2D eigenvalue weighted by Crippen LogP contribution is -2.46. The molecule has 2 rings (SSSR count). The molecule has 1 atom stereocenters. The number of halogens is 1. The molecule has 1 aromatic carbocycles. The fourth-order valence-electron chi connectivity index (χ4n) is 2.04. The van der Waals surface area contributed by atoms with Gasteiger partial charge in [-0.05, 0) is 17.7 Å². The first-order valence-corrected chi connectivity index (χ1v) is 5.28. The van der Waals surface area contributed by atoms with Gasteiger partial charge in [-0.25, -0.2) is 4.79 Å². The average Bonchev–Trinajstić information content (AvgIpc) is 2.59. The molecule has 1 unspecified atom stereocenters. The van der Waals surface area contributed by atoms with E-state index in [-0.39, 0.29) is 12.1 Å². The first-order chi connectivity index (χ1) is 8.02. The Balaban J connectivity index is 2.56. The monoisotopic (exact) mass is 254 g/mol. The number of ether oxygens (including phenoxy) is 1. The number of rotatable bonds is 1. The first-order valence-electron chi connectivity index (χ1n) is 4.91. The summed E-state index contributed by atoms with van der Waals surface area (Å²) < 4.78 is 4.57. The van der Waals surface area contributed by atoms with Crippen molar-refractivity contribution in [2.45, 2.75) is 12.0 Å². The normalized spacial score (nSPS) is 24.8. The van der Waals surface area contributed by atoms with Gasteiger partial charge in [-0.2, -0.15) is 5.10 Å². The van der Waals surface area contributed by atoms with E-state index in [1.807, 2.05) is 0 Å². The molecule has 1 aliphatic carbocycles. The van der Waals surface area contributed by atoms with Crippen LogP contribution in [0.3, 0.4) is 0 Å². The van der Waals surface area contributed by atoms with Gasteiger partial charge >= 0.3 is 5.97 Å². The van der Waals surface area contributed by atoms with Crippen molar-refractivity contribution in [2.24, 2.45) is 10.9 Å². The Morgan fingerprint density at radius 2 is 2.35 bits per heavy atom. The molecule has 0 radical (unpaired) electrons. The highest BCUT2D eigenvalue weighted by Gasteiger charge is 2.49. The number of fused-ring (bicyclic) bond motifs is 1. The Morgan fingerprint density at radius 3 is 2.94 bits per heavy atom. The van der Waals surface area contributed by atoms with Gasteiger partial charge in [0.25, 0.3) is 0 Å². The van der Waals surface area contributed by atoms with E-state index in [9.17, 15) is 9.90 Å². The minimum absolute atomic E-state index is 0.0611. The fraction of sp³-hybridized carbons (Fsp3) is 0.273. The number of nitrogens with zero attached hydrogens (tertiary/aromatic N) is 1. The molecule has 0 aromatic heterocycles. The molecular formula is C11H11ClN2O3. The lowest BCUT2D eigenvalue weighted by atomic mass is 9.99. The van der Waals surface area contributed by atoms with Gasteiger partial charge in [0.15, 0.2) is 0 Å². The number of carbonyl (C=O) groups is 1. The number of hydrogen-bond acceptors (Lipinski definition) is 5. The number of benzene rings is 1. The number of nitrogens with two attached hydrogens (primary N) is 1. The summed E-state index contributed by atoms with van der Waals surface area (Å²) in [5.74, 6) is 4.46. The van der Waals surface area contributed by atoms with E-state index in [2.05, 4.69) is 9.84 Å². The van der Waals surface area contributed by atoms with Crippen molar-refractivity contribution in [1.29, 1.82) is 0 Å². The van der Waals surface area contributed by atoms with Crippen LogP contribution in [0.5, 0.6) is 0 Å². The maximum atomic E-state index is 11.6. The molecule has 0 saturated heterocycles. The summed E-state index contributed by atoms with van der Waals surface area (Å²) in [5.41, 5.74) is -0.383. The maximum Gasteiger partial charge on any atom is 0.344 e. The number of carbonyl (C=O) groups excluding carboxylic acids is 1. The zero-order valence-corrected chi connectivity index (χ0v) is 9.86. The van der Waals surface area contributed by atoms with Crippen LogP contribution >= 0.6 is 11.6 Å². The largest absolute Gasteiger partial charge is 0.467 e. The Morgan fingerprint density at radius 1 is 1.65 bits per heavy atom. The summed E-state index contributed by atoms with van der Waals surface area (Å²) in [5, 5.41) is 14.3. The second-order valence-corrected chi connectivity index (χ2v) is 4.24. The third kappa shape index (κ3) is 1.67. The molecule has 0 bridgehead atoms. The molecule has 3 N–H and O–H groups in total. The minimum Gasteiger partial charge on any atom is -0.467 e. The summed E-state index contributed by atoms with van der Waals surface area (Å²) in [6, 6.07) is 4.99. The van der Waals surface area contributed by atoms with E-state index in [0.29, 0.717) is 10.6 Å². The molecule has 90 valence electrons. The van der Waals surface area contributed by atoms with Gasteiger partial charge in [-0.1, -0.05) is 17.7 Å². The lowest BCUT2D eigenvalue weighted by molar-refractivity contribution is -0.154. The molecule has 0 saturated carbocycles. The zero-order chi connectivity index (χ0) is 12.6. The highest BCUT2D eigenvalue weighted by Crippen LogP contribution is 2.33. The number of methoxy groups -OCH3 is 1. The second-order valence-electron chi connectivity index (χ2n) is 3.81. The van der Waals surface area contributed by atoms with Gasteiger partial charge in [0.05, 0.1) is 7.11 Å². The molecule has 0 fully saturated rings. The van der Waals surface area contributed by atoms with E-state index < -0.39 is 11.6 Å². The first kappa shape index (κ1) is 11.9. The number of esters is 1. The van der Waals surface area contributed by atoms with Crippen molar-refractivity contribution in [3.63, 3.8) is 0 Å². The molecule has 17 heavy (non-hydrogen) atoms. The van der Waals surface area contributed by atoms with Crippen LogP contribution in [0, 0.1) is 0 Å². The maximum absolute atomic E-state index is 11.6. The highest BCUT2D eigenvalue weighted by molar-refractivity contribution is 6.31. The van der Waals surface area contributed by atoms with Crippen molar-refractivity contribution < 1.29 is 14.6 Å². The predicted octanol–water partition coefficient (Wildman–Crippen LogP) is 0.463. The van der Waals surface area contributed by atoms with Gasteiger partial charge in [-0.15, -0.1) is 0 Å². The quantitative estimate of drug-likeness (QED) is 0.433. The second kappa shape index (κ2) is 4.01. The van der Waals surface area contributed by atoms with Crippen molar-refractivity contribution in [3.05, 3.63) is 34.3 Å². The zero-order valence-electron chi connectivity index (χ0n) is 9.11. The van der Waals surface area contributed by atoms with Crippen LogP contribution < -0.4 is 5.84 Å². The Labute approximate surface area is 103 Å². The van der Waals surface area contributed by atoms with Gasteiger partial charge in [0.1, 0.15) is 5.71 Å². The van der Waals surface area contributed by atoms with Gasteiger partial charge in [-0.3, -0.25) is 0 Å². The van der Waals surface area contributed by atoms with Crippen LogP contribution in [0.15, 0.2) is 23.3 Å². The average molecular weight is 255 g/mol. The molecule has 0 spiro atoms. The van der Waals surface area contributed by atoms with E-state index in [0.717, 1.165) is 5.56 Å². The number of hydrogen-bond donors (Lipinski definition) is 2. The molecule has 6 heteroatoms. The van der Waals surface area contributed by atoms with Crippen molar-refractivity contribution in [3.8, 4) is 0 Å². The molecule has 0 aliphatic heterocycles. The van der Waals surface area contributed by atoms with Crippen LogP contribution in [0.25, 0.3) is 0 Å². The third-order valence-electron chi connectivity index (χ3n) is 2.81. The summed E-state index contributed by atoms with van der Waals surface area (Å²) >= 11 is 5.85. The van der Waals surface area contributed by atoms with Crippen LogP contribution in [0.2, 0.25) is 5.02 Å². The summed E-state index contributed by atoms with van der Waals surface area (Å²) in [6.07, 6.45) is 0.0611. The van der Waals surface area contributed by atoms with Crippen molar-refractivity contribution in [1.82, 2.24) is 0 Å². The van der Waals surface area contributed by atoms with Crippen LogP contribution in [-0.2, 0) is 16.0 Å². The van der Waals surface area contributed by atoms with Gasteiger partial charge in [0.2, 0.25) is 5.60 Å². The topological polar surface area (TPSA) is 84.9 Å². The van der Waals surface area contributed by atoms with E-state index in [1.54, 1.807) is 18.2 Å². The van der Waals surface area contributed by atoms with E-state index >= 15 is 0 Å². The predicted molar refractivity (Wildman–Crippen MR) is 62.8 cm³/mol. The number of aliphatic hydroxyl groups is 1. The summed E-state index contributed by atoms with van der Waals surface area (Å²) in [7, 11) is 1.20. The summed E-state index contributed by atoms with van der Waals surface area (Å²) in [4.78, 5) is 11.6. The lowest BCUT2D eigenvalue weighted by Gasteiger charge is -2.19. The summed E-state index contributed by atoms with van der Waals surface area (Å²) in [6.45, 7) is 0. The highest BCUT2D eigenvalue weighted by atomic mass is 35.5. The SMILES string of the molecule is COC(=O)C1(O)Cc2cc(Cl)ccc2C1=NN. The van der Waals surface area contributed by atoms with E-state index in [1.165, 1.54) is 7.11 Å². The molecule has 5 nitrogen and oxygen atoms in total. The molecular weight excluding hydrogens is 244 g/mol. The van der Waals surface area contributed by atoms with Crippen LogP contribution in [0.1, 0.15) is 11.1 Å². The van der Waals surface area contributed by atoms with Crippen molar-refractivity contribution >= 4 is 23.3 Å². The van der Waals surface area contributed by atoms with Gasteiger partial charge < -0.3 is 15.7 Å². The number of hydrazone groups is 1. The third-order valence-corrected chi connectivity index (χ3v) is 3.05. The molecule has 1 aliphatic rings. The smallest absolute Gasteiger partial charge is 0.344 e. The van der Waals surface area contributed by atoms with Gasteiger partial charge in [0, 0.05) is 17.0 Å². The van der Waals surface area contributed by atoms with Crippen LogP contribution in [0.4, 0.5) is 0 Å². The van der Waals surface area contributed by atoms with E-state index in [4.69, 9.17) is 17.4 Å². The minimum atomic E-state index is -1.82.